The highest BCUT2D eigenvalue weighted by Gasteiger charge is 2.56. The average molecular weight is 866 g/mol. The molecule has 0 bridgehead atoms. The van der Waals surface area contributed by atoms with Crippen LogP contribution in [0, 0.1) is 0 Å². The van der Waals surface area contributed by atoms with E-state index in [1.165, 1.54) is 3.97 Å². The van der Waals surface area contributed by atoms with E-state index in [1.807, 2.05) is 104 Å². The summed E-state index contributed by atoms with van der Waals surface area (Å²) in [6.07, 6.45) is -0.216. The monoisotopic (exact) mass is 865 g/mol. The minimum Gasteiger partial charge on any atom is -0.405 e. The molecule has 0 N–H and O–H groups in total. The Labute approximate surface area is 367 Å². The van der Waals surface area contributed by atoms with Gasteiger partial charge in [0, 0.05) is 30.2 Å². The van der Waals surface area contributed by atoms with E-state index in [0.717, 1.165) is 21.5 Å². The zero-order valence-corrected chi connectivity index (χ0v) is 37.6. The minimum atomic E-state index is -4.04. The lowest BCUT2D eigenvalue weighted by Crippen LogP contribution is -2.68. The van der Waals surface area contributed by atoms with E-state index in [1.54, 1.807) is 36.5 Å². The lowest BCUT2D eigenvalue weighted by Gasteiger charge is -2.50. The molecule has 0 aliphatic carbocycles. The molecule has 4 atom stereocenters. The Hall–Kier alpha value is -5.17. The van der Waals surface area contributed by atoms with Gasteiger partial charge in [0.1, 0.15) is 11.7 Å². The molecule has 10 heteroatoms. The van der Waals surface area contributed by atoms with Crippen LogP contribution in [0.2, 0.25) is 5.04 Å². The van der Waals surface area contributed by atoms with Gasteiger partial charge in [-0.25, -0.2) is 12.4 Å². The molecule has 1 aromatic heterocycles. The Balaban J connectivity index is 1.28. The molecule has 1 aliphatic rings. The summed E-state index contributed by atoms with van der Waals surface area (Å²) in [6.45, 7) is 9.73. The van der Waals surface area contributed by atoms with E-state index in [-0.39, 0.29) is 29.6 Å². The number of rotatable bonds is 16. The van der Waals surface area contributed by atoms with Crippen LogP contribution in [-0.2, 0) is 52.2 Å². The normalized spacial score (nSPS) is 19.7. The van der Waals surface area contributed by atoms with E-state index in [0.29, 0.717) is 29.7 Å². The minimum absolute atomic E-state index is 0.178. The number of fused-ring (bicyclic) bond motifs is 1. The molecule has 0 radical (unpaired) electrons. The highest BCUT2D eigenvalue weighted by Crippen LogP contribution is 2.48. The largest absolute Gasteiger partial charge is 0.405 e. The zero-order valence-electron chi connectivity index (χ0n) is 35.8. The van der Waals surface area contributed by atoms with Gasteiger partial charge < -0.3 is 23.4 Å². The van der Waals surface area contributed by atoms with E-state index in [2.05, 4.69) is 69.3 Å². The Kier molecular flexibility index (Phi) is 13.1. The molecule has 1 aliphatic heterocycles. The Bertz CT molecular complexity index is 2580. The van der Waals surface area contributed by atoms with Crippen LogP contribution >= 0.6 is 0 Å². The van der Waals surface area contributed by atoms with Crippen LogP contribution in [0.5, 0.6) is 0 Å². The van der Waals surface area contributed by atoms with Crippen molar-refractivity contribution in [3.8, 4) is 0 Å². The van der Waals surface area contributed by atoms with E-state index in [4.69, 9.17) is 23.4 Å². The molecule has 2 heterocycles. The van der Waals surface area contributed by atoms with Crippen molar-refractivity contribution in [2.24, 2.45) is 0 Å². The van der Waals surface area contributed by atoms with Gasteiger partial charge in [-0.2, -0.15) is 0 Å². The second kappa shape index (κ2) is 18.7. The van der Waals surface area contributed by atoms with Gasteiger partial charge in [-0.3, -0.25) is 0 Å². The molecule has 1 saturated heterocycles. The molecular weight excluding hydrogens is 811 g/mol. The topological polar surface area (TPSA) is 85.2 Å². The van der Waals surface area contributed by atoms with Crippen molar-refractivity contribution in [3.63, 3.8) is 0 Å². The van der Waals surface area contributed by atoms with Crippen molar-refractivity contribution < 1.29 is 31.8 Å². The first-order valence-corrected chi connectivity index (χ1v) is 24.7. The lowest BCUT2D eigenvalue weighted by atomic mass is 9.82. The summed E-state index contributed by atoms with van der Waals surface area (Å²) in [5.74, 6) is 0. The number of hydrogen-bond donors (Lipinski definition) is 0. The quantitative estimate of drug-likeness (QED) is 0.0896. The second-order valence-electron chi connectivity index (χ2n) is 16.8. The van der Waals surface area contributed by atoms with Gasteiger partial charge in [0.15, 0.2) is 6.29 Å². The molecule has 0 amide bonds. The Morgan fingerprint density at radius 1 is 0.677 bits per heavy atom. The van der Waals surface area contributed by atoms with Crippen molar-refractivity contribution in [1.29, 1.82) is 0 Å². The van der Waals surface area contributed by atoms with Crippen molar-refractivity contribution in [2.75, 3.05) is 13.2 Å². The molecule has 1 fully saturated rings. The number of nitrogens with zero attached hydrogens (tertiary/aromatic N) is 1. The molecule has 8 rings (SSSR count). The van der Waals surface area contributed by atoms with E-state index < -0.39 is 42.4 Å². The first-order chi connectivity index (χ1) is 30.1. The molecule has 62 heavy (non-hydrogen) atoms. The Morgan fingerprint density at radius 3 is 1.76 bits per heavy atom. The highest BCUT2D eigenvalue weighted by atomic mass is 32.2. The maximum atomic E-state index is 14.5. The summed E-state index contributed by atoms with van der Waals surface area (Å²) in [7, 11) is -7.05. The predicted octanol–water partition coefficient (Wildman–Crippen LogP) is 9.60. The van der Waals surface area contributed by atoms with Crippen LogP contribution in [0.4, 0.5) is 0 Å². The van der Waals surface area contributed by atoms with Crippen molar-refractivity contribution >= 4 is 39.6 Å². The Morgan fingerprint density at radius 2 is 1.19 bits per heavy atom. The first kappa shape index (κ1) is 43.5. The third-order valence-corrected chi connectivity index (χ3v) is 18.6. The molecule has 6 aromatic carbocycles. The van der Waals surface area contributed by atoms with Gasteiger partial charge in [0.05, 0.1) is 36.3 Å². The maximum Gasteiger partial charge on any atom is 0.268 e. The fourth-order valence-corrected chi connectivity index (χ4v) is 14.8. The number of para-hydroxylation sites is 1. The van der Waals surface area contributed by atoms with Crippen molar-refractivity contribution in [1.82, 2.24) is 3.97 Å². The standard InChI is InChI=1S/C52H55NO7SSi/c1-5-56-50-52(58-38-41-25-13-7-14-26-41,46-36-53(47-34-22-21-33-45(46)47)61(54,55)42-27-15-8-16-28-42)35-48(57-37-40-23-11-6-12-24-40)49(60-50)39-59-62(51(2,3)4,43-29-17-9-18-30-43)44-31-19-10-20-32-44/h6-34,36,48-50H,5,35,37-39H2,1-4H3/t48-,49+,50+,52-/m0/s1. The summed E-state index contributed by atoms with van der Waals surface area (Å²) < 4.78 is 66.1. The first-order valence-electron chi connectivity index (χ1n) is 21.3. The maximum absolute atomic E-state index is 14.5. The van der Waals surface area contributed by atoms with Crippen molar-refractivity contribution in [3.05, 3.63) is 199 Å². The van der Waals surface area contributed by atoms with Gasteiger partial charge in [-0.05, 0) is 51.7 Å². The fourth-order valence-electron chi connectivity index (χ4n) is 8.89. The molecule has 320 valence electrons. The second-order valence-corrected chi connectivity index (χ2v) is 22.9. The van der Waals surface area contributed by atoms with Crippen LogP contribution in [0.25, 0.3) is 10.9 Å². The molecule has 0 unspecified atom stereocenters. The smallest absolute Gasteiger partial charge is 0.268 e. The van der Waals surface area contributed by atoms with Crippen LogP contribution in [0.1, 0.15) is 50.8 Å². The zero-order chi connectivity index (χ0) is 43.2. The molecular formula is C52H55NO7SSi. The number of aromatic nitrogens is 1. The molecule has 7 aromatic rings. The van der Waals surface area contributed by atoms with E-state index in [9.17, 15) is 8.42 Å². The number of benzene rings is 6. The summed E-state index contributed by atoms with van der Waals surface area (Å²) >= 11 is 0. The van der Waals surface area contributed by atoms with Crippen LogP contribution in [0.3, 0.4) is 0 Å². The van der Waals surface area contributed by atoms with Crippen LogP contribution in [0.15, 0.2) is 187 Å². The van der Waals surface area contributed by atoms with Gasteiger partial charge in [-0.1, -0.05) is 178 Å². The molecule has 8 nitrogen and oxygen atoms in total. The summed E-state index contributed by atoms with van der Waals surface area (Å²) in [5, 5.41) is 2.74. The number of ether oxygens (including phenoxy) is 4. The SMILES string of the molecule is CCO[C@@H]1O[C@H](CO[Si](c2ccccc2)(c2ccccc2)C(C)(C)C)[C@@H](OCc2ccccc2)C[C@]1(OCc1ccccc1)c1cn(S(=O)(=O)c2ccccc2)c2ccccc12. The molecule has 0 saturated carbocycles. The summed E-state index contributed by atoms with van der Waals surface area (Å²) in [6, 6.07) is 57.2. The number of hydrogen-bond acceptors (Lipinski definition) is 7. The fraction of sp³-hybridized carbons (Fsp3) is 0.269. The van der Waals surface area contributed by atoms with Gasteiger partial charge in [-0.15, -0.1) is 0 Å². The van der Waals surface area contributed by atoms with E-state index >= 15 is 0 Å². The predicted molar refractivity (Wildman–Crippen MR) is 247 cm³/mol. The third-order valence-electron chi connectivity index (χ3n) is 11.9. The highest BCUT2D eigenvalue weighted by molar-refractivity contribution is 7.90. The van der Waals surface area contributed by atoms with Crippen LogP contribution < -0.4 is 10.4 Å². The molecule has 0 spiro atoms. The summed E-state index contributed by atoms with van der Waals surface area (Å²) in [4.78, 5) is 0.178. The van der Waals surface area contributed by atoms with Gasteiger partial charge in [0.2, 0.25) is 0 Å². The van der Waals surface area contributed by atoms with Crippen molar-refractivity contribution in [2.45, 2.75) is 81.4 Å². The average Bonchev–Trinajstić information content (AvgIpc) is 3.71. The van der Waals surface area contributed by atoms with Gasteiger partial charge in [0.25, 0.3) is 18.3 Å². The summed E-state index contributed by atoms with van der Waals surface area (Å²) in [5.41, 5.74) is 1.75. The lowest BCUT2D eigenvalue weighted by molar-refractivity contribution is -0.331. The van der Waals surface area contributed by atoms with Crippen LogP contribution in [-0.4, -0.2) is 52.4 Å². The third kappa shape index (κ3) is 8.61. The van der Waals surface area contributed by atoms with Gasteiger partial charge >= 0.3 is 0 Å².